The molecule has 8 heteroatoms. The summed E-state index contributed by atoms with van der Waals surface area (Å²) < 4.78 is 40.4. The van der Waals surface area contributed by atoms with Crippen molar-refractivity contribution in [3.63, 3.8) is 0 Å². The van der Waals surface area contributed by atoms with Crippen LogP contribution < -0.4 is 4.72 Å². The molecule has 0 bridgehead atoms. The largest absolute Gasteiger partial charge is 0.323 e. The molecule has 0 aliphatic rings. The van der Waals surface area contributed by atoms with Crippen molar-refractivity contribution in [2.75, 3.05) is 4.72 Å². The number of para-hydroxylation sites is 2. The van der Waals surface area contributed by atoms with Crippen LogP contribution in [-0.4, -0.2) is 18.4 Å². The smallest absolute Gasteiger partial charge is 0.267 e. The summed E-state index contributed by atoms with van der Waals surface area (Å²) in [7, 11) is -4.12. The van der Waals surface area contributed by atoms with Gasteiger partial charge < -0.3 is 4.98 Å². The molecule has 3 rings (SSSR count). The number of benzene rings is 2. The number of halogens is 2. The number of aromatic amines is 1. The maximum Gasteiger partial charge on any atom is 0.267 e. The van der Waals surface area contributed by atoms with Crippen LogP contribution in [0.2, 0.25) is 5.02 Å². The van der Waals surface area contributed by atoms with Gasteiger partial charge in [-0.25, -0.2) is 22.5 Å². The summed E-state index contributed by atoms with van der Waals surface area (Å²) in [4.78, 5) is 6.34. The van der Waals surface area contributed by atoms with Crippen molar-refractivity contribution in [2.24, 2.45) is 0 Å². The molecule has 2 N–H and O–H groups in total. The quantitative estimate of drug-likeness (QED) is 0.776. The van der Waals surface area contributed by atoms with Crippen LogP contribution in [0, 0.1) is 5.82 Å². The maximum atomic E-state index is 13.8. The minimum Gasteiger partial charge on any atom is -0.323 e. The number of imidazole rings is 1. The predicted octanol–water partition coefficient (Wildman–Crippen LogP) is 3.16. The number of hydrogen-bond donors (Lipinski definition) is 2. The van der Waals surface area contributed by atoms with Crippen LogP contribution >= 0.6 is 11.6 Å². The number of aromatic nitrogens is 2. The fraction of sp³-hybridized carbons (Fsp3) is 0. The van der Waals surface area contributed by atoms with E-state index >= 15 is 0 Å². The molecule has 21 heavy (non-hydrogen) atoms. The van der Waals surface area contributed by atoms with Gasteiger partial charge in [-0.05, 0) is 24.3 Å². The standard InChI is InChI=1S/C13H9ClFN3O2S/c14-8-4-3-7-11(12(8)15)21(19,20)18-13-16-9-5-1-2-6-10(9)17-13/h1-7H,(H2,16,17,18). The van der Waals surface area contributed by atoms with Gasteiger partial charge in [-0.1, -0.05) is 29.8 Å². The Morgan fingerprint density at radius 3 is 2.67 bits per heavy atom. The number of anilines is 1. The second-order valence-corrected chi connectivity index (χ2v) is 6.32. The van der Waals surface area contributed by atoms with E-state index in [-0.39, 0.29) is 11.0 Å². The minimum absolute atomic E-state index is 0.00979. The third kappa shape index (κ3) is 2.57. The number of hydrogen-bond acceptors (Lipinski definition) is 3. The lowest BCUT2D eigenvalue weighted by molar-refractivity contribution is 0.570. The van der Waals surface area contributed by atoms with Gasteiger partial charge >= 0.3 is 0 Å². The molecular formula is C13H9ClFN3O2S. The lowest BCUT2D eigenvalue weighted by Gasteiger charge is -2.06. The van der Waals surface area contributed by atoms with Gasteiger partial charge in [0.05, 0.1) is 16.1 Å². The van der Waals surface area contributed by atoms with Crippen molar-refractivity contribution in [3.8, 4) is 0 Å². The summed E-state index contributed by atoms with van der Waals surface area (Å²) in [6.07, 6.45) is 0. The number of fused-ring (bicyclic) bond motifs is 1. The number of nitrogens with zero attached hydrogens (tertiary/aromatic N) is 1. The average molecular weight is 326 g/mol. The summed E-state index contributed by atoms with van der Waals surface area (Å²) in [6, 6.07) is 10.8. The van der Waals surface area contributed by atoms with Gasteiger partial charge in [0.15, 0.2) is 5.82 Å². The second kappa shape index (κ2) is 5.01. The molecule has 0 amide bonds. The fourth-order valence-corrected chi connectivity index (χ4v) is 3.17. The first-order valence-corrected chi connectivity index (χ1v) is 7.75. The Morgan fingerprint density at radius 2 is 1.90 bits per heavy atom. The monoisotopic (exact) mass is 325 g/mol. The summed E-state index contributed by atoms with van der Waals surface area (Å²) in [6.45, 7) is 0. The van der Waals surface area contributed by atoms with E-state index in [0.717, 1.165) is 6.07 Å². The van der Waals surface area contributed by atoms with E-state index in [1.165, 1.54) is 12.1 Å². The third-order valence-electron chi connectivity index (χ3n) is 2.83. The molecule has 0 aliphatic heterocycles. The topological polar surface area (TPSA) is 74.8 Å². The first-order valence-electron chi connectivity index (χ1n) is 5.89. The molecule has 0 fully saturated rings. The minimum atomic E-state index is -4.12. The van der Waals surface area contributed by atoms with Crippen LogP contribution in [0.25, 0.3) is 11.0 Å². The highest BCUT2D eigenvalue weighted by Gasteiger charge is 2.22. The Kier molecular flexibility index (Phi) is 3.30. The van der Waals surface area contributed by atoms with E-state index < -0.39 is 20.7 Å². The Balaban J connectivity index is 2.01. The highest BCUT2D eigenvalue weighted by molar-refractivity contribution is 7.92. The van der Waals surface area contributed by atoms with Crippen molar-refractivity contribution in [3.05, 3.63) is 53.3 Å². The number of sulfonamides is 1. The normalized spacial score (nSPS) is 11.7. The van der Waals surface area contributed by atoms with E-state index in [4.69, 9.17) is 11.6 Å². The van der Waals surface area contributed by atoms with Gasteiger partial charge in [0.1, 0.15) is 4.90 Å². The number of nitrogens with one attached hydrogen (secondary N) is 2. The molecule has 5 nitrogen and oxygen atoms in total. The average Bonchev–Trinajstić information content (AvgIpc) is 2.82. The summed E-state index contributed by atoms with van der Waals surface area (Å²) >= 11 is 5.60. The van der Waals surface area contributed by atoms with Gasteiger partial charge in [-0.15, -0.1) is 0 Å². The van der Waals surface area contributed by atoms with Crippen molar-refractivity contribution >= 4 is 38.6 Å². The highest BCUT2D eigenvalue weighted by Crippen LogP contribution is 2.24. The Labute approximate surface area is 124 Å². The molecule has 0 spiro atoms. The third-order valence-corrected chi connectivity index (χ3v) is 4.47. The van der Waals surface area contributed by atoms with E-state index in [2.05, 4.69) is 14.7 Å². The molecule has 108 valence electrons. The van der Waals surface area contributed by atoms with Crippen LogP contribution in [0.5, 0.6) is 0 Å². The van der Waals surface area contributed by atoms with Crippen LogP contribution in [0.1, 0.15) is 0 Å². The Hall–Kier alpha value is -2.12. The maximum absolute atomic E-state index is 13.8. The predicted molar refractivity (Wildman–Crippen MR) is 78.3 cm³/mol. The van der Waals surface area contributed by atoms with E-state index in [0.29, 0.717) is 11.0 Å². The zero-order valence-corrected chi connectivity index (χ0v) is 12.0. The van der Waals surface area contributed by atoms with Crippen LogP contribution in [0.4, 0.5) is 10.3 Å². The van der Waals surface area contributed by atoms with E-state index in [1.54, 1.807) is 24.3 Å². The molecule has 0 radical (unpaired) electrons. The molecule has 0 aliphatic carbocycles. The zero-order chi connectivity index (χ0) is 15.0. The molecule has 0 unspecified atom stereocenters. The first kappa shape index (κ1) is 13.8. The van der Waals surface area contributed by atoms with Crippen LogP contribution in [-0.2, 0) is 10.0 Å². The summed E-state index contributed by atoms with van der Waals surface area (Å²) in [5.41, 5.74) is 1.27. The molecule has 1 heterocycles. The van der Waals surface area contributed by atoms with Crippen molar-refractivity contribution in [1.29, 1.82) is 0 Å². The fourth-order valence-electron chi connectivity index (χ4n) is 1.87. The molecule has 2 aromatic carbocycles. The van der Waals surface area contributed by atoms with Crippen molar-refractivity contribution in [2.45, 2.75) is 4.90 Å². The van der Waals surface area contributed by atoms with Crippen LogP contribution in [0.3, 0.4) is 0 Å². The molecule has 3 aromatic rings. The van der Waals surface area contributed by atoms with Gasteiger partial charge in [-0.3, -0.25) is 0 Å². The first-order chi connectivity index (χ1) is 9.97. The van der Waals surface area contributed by atoms with E-state index in [9.17, 15) is 12.8 Å². The lowest BCUT2D eigenvalue weighted by Crippen LogP contribution is -2.15. The highest BCUT2D eigenvalue weighted by atomic mass is 35.5. The van der Waals surface area contributed by atoms with Crippen molar-refractivity contribution in [1.82, 2.24) is 9.97 Å². The second-order valence-electron chi connectivity index (χ2n) is 4.26. The number of rotatable bonds is 3. The summed E-state index contributed by atoms with van der Waals surface area (Å²) in [5, 5.41) is -0.262. The van der Waals surface area contributed by atoms with Gasteiger partial charge in [0, 0.05) is 0 Å². The molecular weight excluding hydrogens is 317 g/mol. The van der Waals surface area contributed by atoms with Gasteiger partial charge in [0.2, 0.25) is 5.95 Å². The van der Waals surface area contributed by atoms with Gasteiger partial charge in [-0.2, -0.15) is 0 Å². The van der Waals surface area contributed by atoms with Crippen molar-refractivity contribution < 1.29 is 12.8 Å². The number of H-pyrrole nitrogens is 1. The molecule has 0 saturated heterocycles. The molecule has 0 atom stereocenters. The molecule has 0 saturated carbocycles. The van der Waals surface area contributed by atoms with Crippen LogP contribution in [0.15, 0.2) is 47.4 Å². The molecule has 1 aromatic heterocycles. The lowest BCUT2D eigenvalue weighted by atomic mass is 10.3. The van der Waals surface area contributed by atoms with E-state index in [1.807, 2.05) is 0 Å². The zero-order valence-electron chi connectivity index (χ0n) is 10.5. The van der Waals surface area contributed by atoms with Gasteiger partial charge in [0.25, 0.3) is 10.0 Å². The Bertz CT molecular complexity index is 891. The summed E-state index contributed by atoms with van der Waals surface area (Å²) in [5.74, 6) is -0.988. The SMILES string of the molecule is O=S(=O)(Nc1nc2ccccc2[nH]1)c1cccc(Cl)c1F. The Morgan fingerprint density at radius 1 is 1.14 bits per heavy atom.